The van der Waals surface area contributed by atoms with Crippen LogP contribution in [0.2, 0.25) is 0 Å². The van der Waals surface area contributed by atoms with Crippen molar-refractivity contribution in [2.24, 2.45) is 5.41 Å². The molecule has 5 heteroatoms. The first-order chi connectivity index (χ1) is 7.23. The molecule has 0 aliphatic rings. The predicted molar refractivity (Wildman–Crippen MR) is 63.5 cm³/mol. The minimum atomic E-state index is -0.971. The lowest BCUT2D eigenvalue weighted by Crippen LogP contribution is -2.40. The van der Waals surface area contributed by atoms with E-state index in [4.69, 9.17) is 5.11 Å². The lowest BCUT2D eigenvalue weighted by molar-refractivity contribution is -0.139. The summed E-state index contributed by atoms with van der Waals surface area (Å²) in [5.41, 5.74) is 0.104. The van der Waals surface area contributed by atoms with Gasteiger partial charge in [-0.1, -0.05) is 13.8 Å². The van der Waals surface area contributed by atoms with Crippen LogP contribution in [0.3, 0.4) is 0 Å². The third-order valence-corrected chi connectivity index (χ3v) is 2.14. The molecule has 16 heavy (non-hydrogen) atoms. The quantitative estimate of drug-likeness (QED) is 0.549. The molecule has 0 amide bonds. The Morgan fingerprint density at radius 1 is 1.44 bits per heavy atom. The van der Waals surface area contributed by atoms with Crippen LogP contribution in [-0.4, -0.2) is 60.9 Å². The molecule has 0 bridgehead atoms. The SMILES string of the molecule is CN(C)CC(C)(C)CNCC(O)CC(=O)O. The number of aliphatic hydroxyl groups is 1. The highest BCUT2D eigenvalue weighted by Gasteiger charge is 2.19. The second-order valence-corrected chi connectivity index (χ2v) is 5.28. The summed E-state index contributed by atoms with van der Waals surface area (Å²) in [6.45, 7) is 6.27. The van der Waals surface area contributed by atoms with E-state index in [9.17, 15) is 9.90 Å². The van der Waals surface area contributed by atoms with Gasteiger partial charge in [0.2, 0.25) is 0 Å². The van der Waals surface area contributed by atoms with E-state index in [0.29, 0.717) is 6.54 Å². The molecule has 0 aliphatic carbocycles. The number of carboxylic acid groups (broad SMARTS) is 1. The van der Waals surface area contributed by atoms with Crippen molar-refractivity contribution in [3.8, 4) is 0 Å². The number of rotatable bonds is 8. The fraction of sp³-hybridized carbons (Fsp3) is 0.909. The molecule has 0 fully saturated rings. The van der Waals surface area contributed by atoms with Crippen LogP contribution in [0.25, 0.3) is 0 Å². The molecule has 1 unspecified atom stereocenters. The number of nitrogens with one attached hydrogen (secondary N) is 1. The van der Waals surface area contributed by atoms with E-state index in [1.165, 1.54) is 0 Å². The smallest absolute Gasteiger partial charge is 0.306 e. The van der Waals surface area contributed by atoms with E-state index < -0.39 is 12.1 Å². The number of carboxylic acids is 1. The van der Waals surface area contributed by atoms with Crippen LogP contribution < -0.4 is 5.32 Å². The molecule has 0 aliphatic heterocycles. The van der Waals surface area contributed by atoms with E-state index in [1.54, 1.807) is 0 Å². The van der Waals surface area contributed by atoms with Gasteiger partial charge in [-0.3, -0.25) is 4.79 Å². The molecule has 5 nitrogen and oxygen atoms in total. The Morgan fingerprint density at radius 3 is 2.44 bits per heavy atom. The first kappa shape index (κ1) is 15.3. The summed E-state index contributed by atoms with van der Waals surface area (Å²) >= 11 is 0. The Morgan fingerprint density at radius 2 is 2.00 bits per heavy atom. The van der Waals surface area contributed by atoms with Gasteiger partial charge in [0.25, 0.3) is 0 Å². The zero-order valence-corrected chi connectivity index (χ0v) is 10.7. The molecule has 0 aromatic rings. The zero-order chi connectivity index (χ0) is 12.8. The van der Waals surface area contributed by atoms with E-state index in [-0.39, 0.29) is 11.8 Å². The van der Waals surface area contributed by atoms with Gasteiger partial charge in [0, 0.05) is 19.6 Å². The maximum absolute atomic E-state index is 10.3. The molecular formula is C11H24N2O3. The van der Waals surface area contributed by atoms with Gasteiger partial charge < -0.3 is 20.4 Å². The number of hydrogen-bond acceptors (Lipinski definition) is 4. The number of carbonyl (C=O) groups is 1. The van der Waals surface area contributed by atoms with Crippen LogP contribution in [0, 0.1) is 5.41 Å². The molecule has 0 radical (unpaired) electrons. The summed E-state index contributed by atoms with van der Waals surface area (Å²) in [6, 6.07) is 0. The van der Waals surface area contributed by atoms with E-state index in [0.717, 1.165) is 13.1 Å². The van der Waals surface area contributed by atoms with Crippen LogP contribution in [0.1, 0.15) is 20.3 Å². The highest BCUT2D eigenvalue weighted by Crippen LogP contribution is 2.13. The number of aliphatic hydroxyl groups excluding tert-OH is 1. The zero-order valence-electron chi connectivity index (χ0n) is 10.7. The maximum atomic E-state index is 10.3. The normalized spacial score (nSPS) is 14.1. The lowest BCUT2D eigenvalue weighted by Gasteiger charge is -2.28. The van der Waals surface area contributed by atoms with Gasteiger partial charge in [-0.15, -0.1) is 0 Å². The molecule has 1 atom stereocenters. The van der Waals surface area contributed by atoms with Gasteiger partial charge in [-0.05, 0) is 19.5 Å². The average molecular weight is 232 g/mol. The van der Waals surface area contributed by atoms with Crippen LogP contribution in [0.15, 0.2) is 0 Å². The van der Waals surface area contributed by atoms with Crippen molar-refractivity contribution in [3.05, 3.63) is 0 Å². The molecule has 0 aromatic carbocycles. The van der Waals surface area contributed by atoms with Crippen LogP contribution >= 0.6 is 0 Å². The molecule has 0 saturated heterocycles. The highest BCUT2D eigenvalue weighted by atomic mass is 16.4. The highest BCUT2D eigenvalue weighted by molar-refractivity contribution is 5.67. The van der Waals surface area contributed by atoms with Crippen molar-refractivity contribution in [1.82, 2.24) is 10.2 Å². The minimum absolute atomic E-state index is 0.104. The first-order valence-corrected chi connectivity index (χ1v) is 5.48. The van der Waals surface area contributed by atoms with Gasteiger partial charge in [-0.25, -0.2) is 0 Å². The molecule has 0 spiro atoms. The first-order valence-electron chi connectivity index (χ1n) is 5.48. The van der Waals surface area contributed by atoms with Gasteiger partial charge in [0.05, 0.1) is 12.5 Å². The van der Waals surface area contributed by atoms with Crippen LogP contribution in [0.5, 0.6) is 0 Å². The van der Waals surface area contributed by atoms with E-state index in [2.05, 4.69) is 24.1 Å². The largest absolute Gasteiger partial charge is 0.481 e. The molecular weight excluding hydrogens is 208 g/mol. The van der Waals surface area contributed by atoms with Crippen molar-refractivity contribution in [3.63, 3.8) is 0 Å². The minimum Gasteiger partial charge on any atom is -0.481 e. The Balaban J connectivity index is 3.75. The molecule has 0 heterocycles. The molecule has 3 N–H and O–H groups in total. The fourth-order valence-corrected chi connectivity index (χ4v) is 1.76. The van der Waals surface area contributed by atoms with Crippen molar-refractivity contribution >= 4 is 5.97 Å². The Hall–Kier alpha value is -0.650. The second-order valence-electron chi connectivity index (χ2n) is 5.28. The predicted octanol–water partition coefficient (Wildman–Crippen LogP) is -0.000600. The maximum Gasteiger partial charge on any atom is 0.306 e. The lowest BCUT2D eigenvalue weighted by atomic mass is 9.93. The van der Waals surface area contributed by atoms with Crippen molar-refractivity contribution in [2.45, 2.75) is 26.4 Å². The van der Waals surface area contributed by atoms with Gasteiger partial charge in [-0.2, -0.15) is 0 Å². The standard InChI is InChI=1S/C11H24N2O3/c1-11(2,8-13(3)4)7-12-6-9(14)5-10(15)16/h9,12,14H,5-8H2,1-4H3,(H,15,16). The second kappa shape index (κ2) is 6.83. The Bertz CT molecular complexity index is 217. The summed E-state index contributed by atoms with van der Waals surface area (Å²) in [5.74, 6) is -0.971. The van der Waals surface area contributed by atoms with Crippen LogP contribution in [-0.2, 0) is 4.79 Å². The molecule has 0 saturated carbocycles. The van der Waals surface area contributed by atoms with Gasteiger partial charge in [0.1, 0.15) is 0 Å². The summed E-state index contributed by atoms with van der Waals surface area (Å²) < 4.78 is 0. The van der Waals surface area contributed by atoms with Crippen molar-refractivity contribution in [2.75, 3.05) is 33.7 Å². The van der Waals surface area contributed by atoms with Gasteiger partial charge >= 0.3 is 5.97 Å². The summed E-state index contributed by atoms with van der Waals surface area (Å²) in [6.07, 6.45) is -1.02. The number of aliphatic carboxylic acids is 1. The van der Waals surface area contributed by atoms with E-state index in [1.807, 2.05) is 14.1 Å². The topological polar surface area (TPSA) is 72.8 Å². The Labute approximate surface area is 97.4 Å². The monoisotopic (exact) mass is 232 g/mol. The number of hydrogen-bond donors (Lipinski definition) is 3. The number of nitrogens with zero attached hydrogens (tertiary/aromatic N) is 1. The van der Waals surface area contributed by atoms with Gasteiger partial charge in [0.15, 0.2) is 0 Å². The molecule has 96 valence electrons. The molecule has 0 rings (SSSR count). The summed E-state index contributed by atoms with van der Waals surface area (Å²) in [7, 11) is 4.03. The summed E-state index contributed by atoms with van der Waals surface area (Å²) in [4.78, 5) is 12.4. The van der Waals surface area contributed by atoms with E-state index >= 15 is 0 Å². The van der Waals surface area contributed by atoms with Crippen molar-refractivity contribution in [1.29, 1.82) is 0 Å². The third-order valence-electron chi connectivity index (χ3n) is 2.14. The van der Waals surface area contributed by atoms with Crippen LogP contribution in [0.4, 0.5) is 0 Å². The molecule has 0 aromatic heterocycles. The Kier molecular flexibility index (Phi) is 6.55. The summed E-state index contributed by atoms with van der Waals surface area (Å²) in [5, 5.41) is 20.9. The van der Waals surface area contributed by atoms with Crippen molar-refractivity contribution < 1.29 is 15.0 Å². The fourth-order valence-electron chi connectivity index (χ4n) is 1.76. The third kappa shape index (κ3) is 8.64. The average Bonchev–Trinajstić information content (AvgIpc) is 1.98.